The molecule has 2 aromatic rings. The number of fused-ring (bicyclic) bond motifs is 1. The first-order valence-corrected chi connectivity index (χ1v) is 9.68. The van der Waals surface area contributed by atoms with Gasteiger partial charge in [-0.05, 0) is 25.1 Å². The van der Waals surface area contributed by atoms with Crippen molar-refractivity contribution in [3.63, 3.8) is 0 Å². The minimum atomic E-state index is -3.86. The van der Waals surface area contributed by atoms with E-state index in [9.17, 15) is 17.6 Å². The predicted molar refractivity (Wildman–Crippen MR) is 101 cm³/mol. The number of aromatic nitrogens is 2. The standard InChI is InChI=1S/C18H18FN3O4S/c1-3-26-16(23)9-8-13-14(21-27(24,25)12-6-4-5-7-12)10-15-18(17(13)19)20-11-22(15)2/h4-6,8-11,21H,3,7H2,1-2H3/b9-8+. The quantitative estimate of drug-likeness (QED) is 0.604. The van der Waals surface area contributed by atoms with Crippen LogP contribution in [0.15, 0.2) is 41.6 Å². The number of carbonyl (C=O) groups excluding carboxylic acids is 1. The number of hydrogen-bond donors (Lipinski definition) is 1. The third-order valence-electron chi connectivity index (χ3n) is 4.00. The molecule has 0 bridgehead atoms. The summed E-state index contributed by atoms with van der Waals surface area (Å²) in [5.41, 5.74) is 0.407. The Labute approximate surface area is 155 Å². The Hall–Kier alpha value is -2.94. The first-order valence-electron chi connectivity index (χ1n) is 8.20. The molecule has 1 aromatic carbocycles. The minimum Gasteiger partial charge on any atom is -0.463 e. The number of imidazole rings is 1. The molecule has 1 aromatic heterocycles. The average molecular weight is 391 g/mol. The lowest BCUT2D eigenvalue weighted by Gasteiger charge is -2.13. The summed E-state index contributed by atoms with van der Waals surface area (Å²) in [5.74, 6) is -1.39. The summed E-state index contributed by atoms with van der Waals surface area (Å²) >= 11 is 0. The zero-order valence-corrected chi connectivity index (χ0v) is 15.6. The summed E-state index contributed by atoms with van der Waals surface area (Å²) in [6.45, 7) is 1.82. The maximum atomic E-state index is 15.0. The van der Waals surface area contributed by atoms with Gasteiger partial charge in [-0.15, -0.1) is 0 Å². The van der Waals surface area contributed by atoms with Gasteiger partial charge in [0.05, 0.1) is 29.0 Å². The van der Waals surface area contributed by atoms with Crippen molar-refractivity contribution in [2.45, 2.75) is 13.3 Å². The third-order valence-corrected chi connectivity index (χ3v) is 5.48. The zero-order chi connectivity index (χ0) is 19.6. The number of hydrogen-bond acceptors (Lipinski definition) is 5. The fraction of sp³-hybridized carbons (Fsp3) is 0.222. The summed E-state index contributed by atoms with van der Waals surface area (Å²) in [5, 5.41) is 0. The maximum Gasteiger partial charge on any atom is 0.330 e. The Kier molecular flexibility index (Phi) is 5.13. The molecular formula is C18H18FN3O4S. The highest BCUT2D eigenvalue weighted by Gasteiger charge is 2.22. The van der Waals surface area contributed by atoms with Crippen molar-refractivity contribution in [1.82, 2.24) is 9.55 Å². The molecule has 0 aliphatic heterocycles. The summed E-state index contributed by atoms with van der Waals surface area (Å²) in [6.07, 6.45) is 8.75. The molecule has 1 aliphatic rings. The third kappa shape index (κ3) is 3.77. The number of nitrogens with one attached hydrogen (secondary N) is 1. The fourth-order valence-electron chi connectivity index (χ4n) is 2.67. The second-order valence-corrected chi connectivity index (χ2v) is 7.57. The Morgan fingerprint density at radius 1 is 1.48 bits per heavy atom. The first kappa shape index (κ1) is 18.8. The van der Waals surface area contributed by atoms with Gasteiger partial charge in [-0.25, -0.2) is 22.6 Å². The number of halogens is 1. The number of benzene rings is 1. The average Bonchev–Trinajstić information content (AvgIpc) is 3.26. The maximum absolute atomic E-state index is 15.0. The van der Waals surface area contributed by atoms with Gasteiger partial charge in [0.2, 0.25) is 0 Å². The molecule has 7 nitrogen and oxygen atoms in total. The Morgan fingerprint density at radius 3 is 2.93 bits per heavy atom. The van der Waals surface area contributed by atoms with E-state index >= 15 is 0 Å². The van der Waals surface area contributed by atoms with Gasteiger partial charge in [-0.3, -0.25) is 4.72 Å². The number of sulfonamides is 1. The number of nitrogens with zero attached hydrogens (tertiary/aromatic N) is 2. The van der Waals surface area contributed by atoms with Crippen LogP contribution >= 0.6 is 0 Å². The van der Waals surface area contributed by atoms with Crippen molar-refractivity contribution >= 4 is 38.8 Å². The molecule has 142 valence electrons. The van der Waals surface area contributed by atoms with E-state index in [0.29, 0.717) is 5.52 Å². The number of esters is 1. The van der Waals surface area contributed by atoms with Crippen molar-refractivity contribution < 1.29 is 22.3 Å². The molecule has 0 saturated heterocycles. The molecule has 0 atom stereocenters. The van der Waals surface area contributed by atoms with Gasteiger partial charge in [-0.2, -0.15) is 0 Å². The highest BCUT2D eigenvalue weighted by atomic mass is 32.2. The zero-order valence-electron chi connectivity index (χ0n) is 14.8. The van der Waals surface area contributed by atoms with Crippen LogP contribution < -0.4 is 4.72 Å². The molecule has 0 saturated carbocycles. The van der Waals surface area contributed by atoms with Crippen molar-refractivity contribution in [3.8, 4) is 0 Å². The lowest BCUT2D eigenvalue weighted by Crippen LogP contribution is -2.15. The van der Waals surface area contributed by atoms with Gasteiger partial charge in [0.25, 0.3) is 10.0 Å². The van der Waals surface area contributed by atoms with E-state index in [1.165, 1.54) is 24.5 Å². The van der Waals surface area contributed by atoms with Crippen LogP contribution in [0.3, 0.4) is 0 Å². The molecule has 0 radical (unpaired) electrons. The lowest BCUT2D eigenvalue weighted by molar-refractivity contribution is -0.137. The van der Waals surface area contributed by atoms with Crippen molar-refractivity contribution in [1.29, 1.82) is 0 Å². The largest absolute Gasteiger partial charge is 0.463 e. The SMILES string of the molecule is CCOC(=O)/C=C/c1c(NS(=O)(=O)C2=CC=CC2)cc2c(ncn2C)c1F. The van der Waals surface area contributed by atoms with E-state index in [-0.39, 0.29) is 34.7 Å². The van der Waals surface area contributed by atoms with E-state index < -0.39 is 21.8 Å². The van der Waals surface area contributed by atoms with Crippen LogP contribution in [-0.2, 0) is 26.6 Å². The molecule has 1 heterocycles. The van der Waals surface area contributed by atoms with E-state index in [1.54, 1.807) is 30.7 Å². The molecule has 0 amide bonds. The lowest BCUT2D eigenvalue weighted by atomic mass is 10.1. The molecule has 1 N–H and O–H groups in total. The van der Waals surface area contributed by atoms with Crippen molar-refractivity contribution in [3.05, 3.63) is 53.0 Å². The smallest absolute Gasteiger partial charge is 0.330 e. The predicted octanol–water partition coefficient (Wildman–Crippen LogP) is 2.87. The Bertz CT molecular complexity index is 1100. The second kappa shape index (κ2) is 7.36. The van der Waals surface area contributed by atoms with Crippen LogP contribution in [0.2, 0.25) is 0 Å². The Balaban J connectivity index is 2.09. The van der Waals surface area contributed by atoms with Crippen LogP contribution in [0.1, 0.15) is 18.9 Å². The molecule has 9 heteroatoms. The van der Waals surface area contributed by atoms with E-state index in [4.69, 9.17) is 4.74 Å². The number of carbonyl (C=O) groups is 1. The van der Waals surface area contributed by atoms with Crippen LogP contribution in [0.25, 0.3) is 17.1 Å². The van der Waals surface area contributed by atoms with Gasteiger partial charge < -0.3 is 9.30 Å². The van der Waals surface area contributed by atoms with Gasteiger partial charge in [-0.1, -0.05) is 12.2 Å². The van der Waals surface area contributed by atoms with Crippen LogP contribution in [0, 0.1) is 5.82 Å². The van der Waals surface area contributed by atoms with Crippen LogP contribution in [-0.4, -0.2) is 30.5 Å². The van der Waals surface area contributed by atoms with Crippen LogP contribution in [0.5, 0.6) is 0 Å². The van der Waals surface area contributed by atoms with Gasteiger partial charge in [0, 0.05) is 25.1 Å². The molecule has 0 spiro atoms. The van der Waals surface area contributed by atoms with Gasteiger partial charge >= 0.3 is 5.97 Å². The topological polar surface area (TPSA) is 90.3 Å². The molecule has 27 heavy (non-hydrogen) atoms. The summed E-state index contributed by atoms with van der Waals surface area (Å²) in [6, 6.07) is 1.48. The number of aryl methyl sites for hydroxylation is 1. The van der Waals surface area contributed by atoms with Crippen LogP contribution in [0.4, 0.5) is 10.1 Å². The number of allylic oxidation sites excluding steroid dienone is 4. The number of ether oxygens (including phenoxy) is 1. The first-order chi connectivity index (χ1) is 12.8. The second-order valence-electron chi connectivity index (χ2n) is 5.83. The van der Waals surface area contributed by atoms with Gasteiger partial charge in [0.15, 0.2) is 5.82 Å². The highest BCUT2D eigenvalue weighted by molar-refractivity contribution is 7.96. The number of anilines is 1. The van der Waals surface area contributed by atoms with E-state index in [0.717, 1.165) is 6.08 Å². The summed E-state index contributed by atoms with van der Waals surface area (Å²) in [4.78, 5) is 15.8. The van der Waals surface area contributed by atoms with Gasteiger partial charge in [0.1, 0.15) is 5.52 Å². The molecule has 1 aliphatic carbocycles. The number of rotatable bonds is 6. The monoisotopic (exact) mass is 391 g/mol. The van der Waals surface area contributed by atoms with E-state index in [2.05, 4.69) is 9.71 Å². The van der Waals surface area contributed by atoms with Crippen molar-refractivity contribution in [2.75, 3.05) is 11.3 Å². The molecule has 0 fully saturated rings. The molecular weight excluding hydrogens is 373 g/mol. The fourth-order valence-corrected chi connectivity index (χ4v) is 3.83. The van der Waals surface area contributed by atoms with E-state index in [1.807, 2.05) is 0 Å². The Morgan fingerprint density at radius 2 is 2.26 bits per heavy atom. The normalized spacial score (nSPS) is 14.1. The molecule has 0 unspecified atom stereocenters. The summed E-state index contributed by atoms with van der Waals surface area (Å²) < 4.78 is 48.9. The molecule has 3 rings (SSSR count). The van der Waals surface area contributed by atoms with Crippen molar-refractivity contribution in [2.24, 2.45) is 7.05 Å². The highest BCUT2D eigenvalue weighted by Crippen LogP contribution is 2.31. The minimum absolute atomic E-state index is 0.0111. The summed E-state index contributed by atoms with van der Waals surface area (Å²) in [7, 11) is -2.19.